The standard InChI is InChI=1S/C28H33N3O5/c32-25-19-31(27(34)24-14-26(33)36-28(24)11-5-2-6-12-28)18-23(35-20-22-10-7-13-29-15-22)17-30(25)16-21-8-3-1-4-9-21/h1,3-4,7-10,13,15,23-24H,2,5-6,11-12,14,16-20H2/t23-,24+/m0/s1. The number of benzene rings is 1. The van der Waals surface area contributed by atoms with Crippen molar-refractivity contribution < 1.29 is 23.9 Å². The average molecular weight is 492 g/mol. The molecular formula is C28H33N3O5. The van der Waals surface area contributed by atoms with Crippen molar-refractivity contribution in [2.75, 3.05) is 19.6 Å². The minimum Gasteiger partial charge on any atom is -0.458 e. The Morgan fingerprint density at radius 1 is 1.03 bits per heavy atom. The van der Waals surface area contributed by atoms with Gasteiger partial charge in [-0.2, -0.15) is 0 Å². The molecule has 2 aliphatic heterocycles. The van der Waals surface area contributed by atoms with Crippen LogP contribution in [0.4, 0.5) is 0 Å². The first-order chi connectivity index (χ1) is 17.5. The summed E-state index contributed by atoms with van der Waals surface area (Å²) in [6.45, 7) is 1.42. The molecule has 1 spiro atoms. The van der Waals surface area contributed by atoms with E-state index in [1.807, 2.05) is 42.5 Å². The van der Waals surface area contributed by atoms with Crippen molar-refractivity contribution in [3.8, 4) is 0 Å². The number of esters is 1. The van der Waals surface area contributed by atoms with Crippen molar-refractivity contribution in [1.29, 1.82) is 0 Å². The molecule has 0 radical (unpaired) electrons. The van der Waals surface area contributed by atoms with Crippen LogP contribution in [0.1, 0.15) is 49.7 Å². The second-order valence-corrected chi connectivity index (χ2v) is 10.1. The van der Waals surface area contributed by atoms with E-state index in [1.54, 1.807) is 22.2 Å². The predicted molar refractivity (Wildman–Crippen MR) is 131 cm³/mol. The summed E-state index contributed by atoms with van der Waals surface area (Å²) < 4.78 is 12.0. The number of carbonyl (C=O) groups is 3. The van der Waals surface area contributed by atoms with E-state index >= 15 is 0 Å². The van der Waals surface area contributed by atoms with Gasteiger partial charge in [0.1, 0.15) is 5.60 Å². The highest BCUT2D eigenvalue weighted by Crippen LogP contribution is 2.45. The molecule has 0 N–H and O–H groups in total. The first kappa shape index (κ1) is 24.4. The van der Waals surface area contributed by atoms with Crippen molar-refractivity contribution in [3.05, 3.63) is 66.0 Å². The fourth-order valence-corrected chi connectivity index (χ4v) is 5.73. The van der Waals surface area contributed by atoms with E-state index in [0.717, 1.165) is 30.4 Å². The topological polar surface area (TPSA) is 89.0 Å². The molecule has 0 bridgehead atoms. The minimum atomic E-state index is -0.725. The predicted octanol–water partition coefficient (Wildman–Crippen LogP) is 3.10. The number of ether oxygens (including phenoxy) is 2. The van der Waals surface area contributed by atoms with Crippen LogP contribution in [0.25, 0.3) is 0 Å². The molecule has 2 aromatic rings. The van der Waals surface area contributed by atoms with Gasteiger partial charge in [0.05, 0.1) is 31.6 Å². The van der Waals surface area contributed by atoms with Crippen LogP contribution in [-0.4, -0.2) is 63.9 Å². The van der Waals surface area contributed by atoms with Crippen molar-refractivity contribution in [2.24, 2.45) is 5.92 Å². The molecule has 8 heteroatoms. The molecule has 1 aliphatic carbocycles. The van der Waals surface area contributed by atoms with Gasteiger partial charge in [0.25, 0.3) is 0 Å². The van der Waals surface area contributed by atoms with E-state index in [4.69, 9.17) is 9.47 Å². The summed E-state index contributed by atoms with van der Waals surface area (Å²) in [6, 6.07) is 13.6. The number of hydrogen-bond acceptors (Lipinski definition) is 6. The van der Waals surface area contributed by atoms with Gasteiger partial charge in [-0.15, -0.1) is 0 Å². The molecule has 1 aromatic carbocycles. The van der Waals surface area contributed by atoms with Gasteiger partial charge in [-0.25, -0.2) is 0 Å². The Balaban J connectivity index is 1.36. The van der Waals surface area contributed by atoms with E-state index < -0.39 is 11.5 Å². The van der Waals surface area contributed by atoms with E-state index in [2.05, 4.69) is 4.98 Å². The molecule has 1 aromatic heterocycles. The fourth-order valence-electron chi connectivity index (χ4n) is 5.73. The number of aromatic nitrogens is 1. The maximum Gasteiger partial charge on any atom is 0.307 e. The second-order valence-electron chi connectivity index (χ2n) is 10.1. The Morgan fingerprint density at radius 3 is 2.56 bits per heavy atom. The van der Waals surface area contributed by atoms with Gasteiger partial charge >= 0.3 is 5.97 Å². The summed E-state index contributed by atoms with van der Waals surface area (Å²) in [5.74, 6) is -1.15. The van der Waals surface area contributed by atoms with Crippen LogP contribution in [-0.2, 0) is 37.0 Å². The van der Waals surface area contributed by atoms with E-state index in [9.17, 15) is 14.4 Å². The molecule has 3 heterocycles. The second kappa shape index (κ2) is 10.8. The van der Waals surface area contributed by atoms with Crippen LogP contribution in [0.3, 0.4) is 0 Å². The van der Waals surface area contributed by atoms with Gasteiger partial charge in [0.2, 0.25) is 11.8 Å². The largest absolute Gasteiger partial charge is 0.458 e. The van der Waals surface area contributed by atoms with Gasteiger partial charge in [-0.1, -0.05) is 42.8 Å². The van der Waals surface area contributed by atoms with Crippen LogP contribution in [0.2, 0.25) is 0 Å². The van der Waals surface area contributed by atoms with Gasteiger partial charge in [-0.05, 0) is 42.9 Å². The molecule has 2 atom stereocenters. The molecule has 8 nitrogen and oxygen atoms in total. The van der Waals surface area contributed by atoms with Crippen LogP contribution < -0.4 is 0 Å². The number of carbonyl (C=O) groups excluding carboxylic acids is 3. The Morgan fingerprint density at radius 2 is 1.81 bits per heavy atom. The summed E-state index contributed by atoms with van der Waals surface area (Å²) in [7, 11) is 0. The van der Waals surface area contributed by atoms with Gasteiger partial charge < -0.3 is 19.3 Å². The monoisotopic (exact) mass is 491 g/mol. The average Bonchev–Trinajstić information content (AvgIpc) is 3.12. The maximum atomic E-state index is 13.9. The molecule has 3 aliphatic rings. The minimum absolute atomic E-state index is 0.0286. The van der Waals surface area contributed by atoms with Crippen LogP contribution in [0.15, 0.2) is 54.9 Å². The van der Waals surface area contributed by atoms with Crippen molar-refractivity contribution in [3.63, 3.8) is 0 Å². The molecule has 0 unspecified atom stereocenters. The first-order valence-corrected chi connectivity index (χ1v) is 12.9. The number of rotatable bonds is 6. The quantitative estimate of drug-likeness (QED) is 0.577. The lowest BCUT2D eigenvalue weighted by molar-refractivity contribution is -0.157. The summed E-state index contributed by atoms with van der Waals surface area (Å²) in [6.07, 6.45) is 7.55. The first-order valence-electron chi connectivity index (χ1n) is 12.9. The lowest BCUT2D eigenvalue weighted by Gasteiger charge is -2.38. The third-order valence-corrected chi connectivity index (χ3v) is 7.58. The summed E-state index contributed by atoms with van der Waals surface area (Å²) in [5, 5.41) is 0. The summed E-state index contributed by atoms with van der Waals surface area (Å²) in [4.78, 5) is 47.1. The van der Waals surface area contributed by atoms with E-state index in [1.165, 1.54) is 0 Å². The maximum absolute atomic E-state index is 13.9. The molecule has 5 rings (SSSR count). The Hall–Kier alpha value is -3.26. The van der Waals surface area contributed by atoms with Crippen molar-refractivity contribution >= 4 is 17.8 Å². The van der Waals surface area contributed by atoms with Gasteiger partial charge in [0.15, 0.2) is 0 Å². The highest BCUT2D eigenvalue weighted by Gasteiger charge is 2.54. The van der Waals surface area contributed by atoms with Crippen LogP contribution in [0.5, 0.6) is 0 Å². The third-order valence-electron chi connectivity index (χ3n) is 7.58. The molecule has 2 amide bonds. The summed E-state index contributed by atoms with van der Waals surface area (Å²) in [5.41, 5.74) is 1.22. The molecule has 36 heavy (non-hydrogen) atoms. The molecule has 1 saturated carbocycles. The lowest BCUT2D eigenvalue weighted by Crippen LogP contribution is -2.49. The SMILES string of the molecule is O=C1C[C@H](C(=O)N2CC(=O)N(Cc3ccccc3)C[C@H](OCc3cccnc3)C2)C2(CCCCC2)O1. The molecule has 190 valence electrons. The number of pyridine rings is 1. The third kappa shape index (κ3) is 5.43. The Labute approximate surface area is 211 Å². The molecule has 3 fully saturated rings. The van der Waals surface area contributed by atoms with Gasteiger partial charge in [-0.3, -0.25) is 19.4 Å². The lowest BCUT2D eigenvalue weighted by atomic mass is 9.75. The Bertz CT molecular complexity index is 1070. The fraction of sp³-hybridized carbons (Fsp3) is 0.500. The number of amides is 2. The van der Waals surface area contributed by atoms with Crippen LogP contribution in [0, 0.1) is 5.92 Å². The van der Waals surface area contributed by atoms with Crippen molar-refractivity contribution in [2.45, 2.75) is 63.4 Å². The van der Waals surface area contributed by atoms with Crippen molar-refractivity contribution in [1.82, 2.24) is 14.8 Å². The summed E-state index contributed by atoms with van der Waals surface area (Å²) >= 11 is 0. The van der Waals surface area contributed by atoms with Crippen LogP contribution >= 0.6 is 0 Å². The smallest absolute Gasteiger partial charge is 0.307 e. The molecular weight excluding hydrogens is 458 g/mol. The zero-order valence-corrected chi connectivity index (χ0v) is 20.5. The molecule has 2 saturated heterocycles. The highest BCUT2D eigenvalue weighted by molar-refractivity contribution is 5.91. The normalized spacial score (nSPS) is 24.0. The Kier molecular flexibility index (Phi) is 7.32. The zero-order valence-electron chi connectivity index (χ0n) is 20.5. The number of hydrogen-bond donors (Lipinski definition) is 0. The van der Waals surface area contributed by atoms with Gasteiger partial charge in [0, 0.05) is 32.0 Å². The van der Waals surface area contributed by atoms with E-state index in [-0.39, 0.29) is 43.4 Å². The van der Waals surface area contributed by atoms with E-state index in [0.29, 0.717) is 32.5 Å². The highest BCUT2D eigenvalue weighted by atomic mass is 16.6. The number of nitrogens with zero attached hydrogens (tertiary/aromatic N) is 3. The zero-order chi connectivity index (χ0) is 25.0.